The van der Waals surface area contributed by atoms with Crippen molar-refractivity contribution in [3.05, 3.63) is 48.2 Å². The van der Waals surface area contributed by atoms with E-state index in [9.17, 15) is 4.79 Å². The molecule has 0 radical (unpaired) electrons. The summed E-state index contributed by atoms with van der Waals surface area (Å²) in [4.78, 5) is 16.9. The number of ether oxygens (including phenoxy) is 2. The number of hydrogen-bond donors (Lipinski definition) is 1. The molecule has 1 amide bonds. The predicted molar refractivity (Wildman–Crippen MR) is 101 cm³/mol. The zero-order valence-electron chi connectivity index (χ0n) is 16.3. The number of carbonyl (C=O) groups excluding carboxylic acids is 1. The lowest BCUT2D eigenvalue weighted by atomic mass is 9.99. The lowest BCUT2D eigenvalue weighted by Gasteiger charge is -2.20. The Morgan fingerprint density at radius 1 is 1.21 bits per heavy atom. The van der Waals surface area contributed by atoms with Crippen molar-refractivity contribution in [1.29, 1.82) is 0 Å². The topological polar surface area (TPSA) is 99.6 Å². The van der Waals surface area contributed by atoms with Gasteiger partial charge in [-0.2, -0.15) is 4.98 Å². The molecule has 2 aromatic heterocycles. The average molecular weight is 385 g/mol. The number of amides is 1. The third kappa shape index (κ3) is 4.00. The summed E-state index contributed by atoms with van der Waals surface area (Å²) < 4.78 is 21.2. The van der Waals surface area contributed by atoms with Gasteiger partial charge in [-0.15, -0.1) is 0 Å². The van der Waals surface area contributed by atoms with Crippen LogP contribution in [0.1, 0.15) is 42.8 Å². The summed E-state index contributed by atoms with van der Waals surface area (Å²) in [7, 11) is 3.13. The van der Waals surface area contributed by atoms with Gasteiger partial charge in [-0.05, 0) is 36.2 Å². The van der Waals surface area contributed by atoms with Crippen LogP contribution in [-0.4, -0.2) is 30.3 Å². The second-order valence-electron chi connectivity index (χ2n) is 6.34. The maximum Gasteiger partial charge on any atom is 0.287 e. The van der Waals surface area contributed by atoms with Crippen molar-refractivity contribution in [3.63, 3.8) is 0 Å². The molecule has 1 aromatic carbocycles. The van der Waals surface area contributed by atoms with Crippen LogP contribution < -0.4 is 14.8 Å². The Hall–Kier alpha value is -3.29. The van der Waals surface area contributed by atoms with Crippen molar-refractivity contribution in [1.82, 2.24) is 15.5 Å². The molecule has 28 heavy (non-hydrogen) atoms. The SMILES string of the molecule is CC[C@H](C)[C@H](NC(=O)c1ccco1)c1nc(-c2ccc(OC)c(OC)c2)no1. The van der Waals surface area contributed by atoms with E-state index in [1.165, 1.54) is 6.26 Å². The van der Waals surface area contributed by atoms with Gasteiger partial charge < -0.3 is 23.7 Å². The van der Waals surface area contributed by atoms with Crippen LogP contribution in [0.25, 0.3) is 11.4 Å². The van der Waals surface area contributed by atoms with Crippen molar-refractivity contribution in [2.24, 2.45) is 5.92 Å². The summed E-state index contributed by atoms with van der Waals surface area (Å²) in [6, 6.07) is 8.18. The van der Waals surface area contributed by atoms with Crippen LogP contribution in [0.4, 0.5) is 0 Å². The number of carbonyl (C=O) groups is 1. The Kier molecular flexibility index (Phi) is 5.98. The Bertz CT molecular complexity index is 920. The number of methoxy groups -OCH3 is 2. The maximum absolute atomic E-state index is 12.4. The summed E-state index contributed by atoms with van der Waals surface area (Å²) in [5.74, 6) is 1.89. The Morgan fingerprint density at radius 2 is 2.00 bits per heavy atom. The molecule has 0 aliphatic rings. The third-order valence-corrected chi connectivity index (χ3v) is 4.59. The maximum atomic E-state index is 12.4. The highest BCUT2D eigenvalue weighted by molar-refractivity contribution is 5.91. The molecule has 3 rings (SSSR count). The summed E-state index contributed by atoms with van der Waals surface area (Å²) in [6.07, 6.45) is 2.27. The molecule has 0 aliphatic heterocycles. The van der Waals surface area contributed by atoms with Gasteiger partial charge in [0.05, 0.1) is 20.5 Å². The molecule has 8 nitrogen and oxygen atoms in total. The number of furan rings is 1. The van der Waals surface area contributed by atoms with Crippen molar-refractivity contribution in [2.45, 2.75) is 26.3 Å². The molecule has 8 heteroatoms. The average Bonchev–Trinajstić information content (AvgIpc) is 3.43. The number of nitrogens with one attached hydrogen (secondary N) is 1. The fraction of sp³-hybridized carbons (Fsp3) is 0.350. The second-order valence-corrected chi connectivity index (χ2v) is 6.34. The first-order valence-corrected chi connectivity index (χ1v) is 8.97. The first-order valence-electron chi connectivity index (χ1n) is 8.97. The van der Waals surface area contributed by atoms with Crippen LogP contribution in [0.5, 0.6) is 11.5 Å². The van der Waals surface area contributed by atoms with E-state index in [2.05, 4.69) is 15.5 Å². The van der Waals surface area contributed by atoms with Gasteiger partial charge in [-0.3, -0.25) is 4.79 Å². The molecule has 0 aliphatic carbocycles. The van der Waals surface area contributed by atoms with Crippen molar-refractivity contribution in [2.75, 3.05) is 14.2 Å². The van der Waals surface area contributed by atoms with E-state index in [0.29, 0.717) is 28.8 Å². The summed E-state index contributed by atoms with van der Waals surface area (Å²) >= 11 is 0. The van der Waals surface area contributed by atoms with Crippen molar-refractivity contribution in [3.8, 4) is 22.9 Å². The van der Waals surface area contributed by atoms with Gasteiger partial charge in [-0.1, -0.05) is 25.4 Å². The van der Waals surface area contributed by atoms with E-state index >= 15 is 0 Å². The molecule has 3 aromatic rings. The standard InChI is InChI=1S/C20H23N3O5/c1-5-12(2)17(21-19(24)15-7-6-10-27-15)20-22-18(23-28-20)13-8-9-14(25-3)16(11-13)26-4/h6-12,17H,5H2,1-4H3,(H,21,24)/t12-,17-/m0/s1. The molecule has 0 saturated heterocycles. The Morgan fingerprint density at radius 3 is 2.64 bits per heavy atom. The van der Waals surface area contributed by atoms with Gasteiger partial charge >= 0.3 is 0 Å². The summed E-state index contributed by atoms with van der Waals surface area (Å²) in [6.45, 7) is 4.04. The number of nitrogens with zero attached hydrogens (tertiary/aromatic N) is 2. The summed E-state index contributed by atoms with van der Waals surface area (Å²) in [5, 5.41) is 6.99. The molecule has 0 unspecified atom stereocenters. The first kappa shape index (κ1) is 19.5. The minimum atomic E-state index is -0.441. The van der Waals surface area contributed by atoms with E-state index < -0.39 is 6.04 Å². The molecule has 0 saturated carbocycles. The monoisotopic (exact) mass is 385 g/mol. The summed E-state index contributed by atoms with van der Waals surface area (Å²) in [5.41, 5.74) is 0.716. The van der Waals surface area contributed by atoms with Crippen LogP contribution in [0, 0.1) is 5.92 Å². The van der Waals surface area contributed by atoms with Gasteiger partial charge in [0.15, 0.2) is 17.3 Å². The zero-order chi connectivity index (χ0) is 20.1. The number of aromatic nitrogens is 2. The highest BCUT2D eigenvalue weighted by Crippen LogP contribution is 2.32. The Labute approximate surface area is 162 Å². The van der Waals surface area contributed by atoms with E-state index in [-0.39, 0.29) is 17.6 Å². The van der Waals surface area contributed by atoms with Gasteiger partial charge in [0.2, 0.25) is 11.7 Å². The first-order chi connectivity index (χ1) is 13.6. The lowest BCUT2D eigenvalue weighted by molar-refractivity contribution is 0.0882. The number of benzene rings is 1. The molecule has 2 atom stereocenters. The number of hydrogen-bond acceptors (Lipinski definition) is 7. The van der Waals surface area contributed by atoms with Gasteiger partial charge in [0.1, 0.15) is 6.04 Å². The van der Waals surface area contributed by atoms with Crippen molar-refractivity contribution >= 4 is 5.91 Å². The highest BCUT2D eigenvalue weighted by Gasteiger charge is 2.27. The quantitative estimate of drug-likeness (QED) is 0.628. The van der Waals surface area contributed by atoms with Gasteiger partial charge in [0, 0.05) is 5.56 Å². The van der Waals surface area contributed by atoms with Crippen LogP contribution >= 0.6 is 0 Å². The molecular weight excluding hydrogens is 362 g/mol. The molecule has 148 valence electrons. The van der Waals surface area contributed by atoms with Crippen LogP contribution in [0.2, 0.25) is 0 Å². The fourth-order valence-corrected chi connectivity index (χ4v) is 2.76. The highest BCUT2D eigenvalue weighted by atomic mass is 16.5. The second kappa shape index (κ2) is 8.60. The predicted octanol–water partition coefficient (Wildman–Crippen LogP) is 3.86. The molecular formula is C20H23N3O5. The lowest BCUT2D eigenvalue weighted by Crippen LogP contribution is -2.32. The van der Waals surface area contributed by atoms with E-state index in [0.717, 1.165) is 6.42 Å². The zero-order valence-corrected chi connectivity index (χ0v) is 16.3. The molecule has 0 spiro atoms. The smallest absolute Gasteiger partial charge is 0.287 e. The normalized spacial score (nSPS) is 13.0. The molecule has 0 bridgehead atoms. The number of rotatable bonds is 8. The van der Waals surface area contributed by atoms with Crippen LogP contribution in [-0.2, 0) is 0 Å². The fourth-order valence-electron chi connectivity index (χ4n) is 2.76. The molecule has 1 N–H and O–H groups in total. The largest absolute Gasteiger partial charge is 0.493 e. The van der Waals surface area contributed by atoms with Gasteiger partial charge in [-0.25, -0.2) is 0 Å². The van der Waals surface area contributed by atoms with E-state index in [1.54, 1.807) is 38.5 Å². The van der Waals surface area contributed by atoms with Gasteiger partial charge in [0.25, 0.3) is 5.91 Å². The van der Waals surface area contributed by atoms with E-state index in [1.807, 2.05) is 19.9 Å². The molecule has 2 heterocycles. The Balaban J connectivity index is 1.87. The molecule has 0 fully saturated rings. The van der Waals surface area contributed by atoms with Crippen LogP contribution in [0.15, 0.2) is 45.5 Å². The minimum absolute atomic E-state index is 0.0811. The van der Waals surface area contributed by atoms with Crippen LogP contribution in [0.3, 0.4) is 0 Å². The van der Waals surface area contributed by atoms with E-state index in [4.69, 9.17) is 18.4 Å². The minimum Gasteiger partial charge on any atom is -0.493 e. The van der Waals surface area contributed by atoms with Crippen molar-refractivity contribution < 1.29 is 23.2 Å². The third-order valence-electron chi connectivity index (χ3n) is 4.59.